The van der Waals surface area contributed by atoms with Crippen molar-refractivity contribution in [2.24, 2.45) is 5.92 Å². The van der Waals surface area contributed by atoms with Gasteiger partial charge < -0.3 is 20.9 Å². The van der Waals surface area contributed by atoms with Crippen LogP contribution in [-0.2, 0) is 5.41 Å². The average molecular weight is 619 g/mol. The minimum absolute atomic E-state index is 0.0269. The van der Waals surface area contributed by atoms with Gasteiger partial charge >= 0.3 is 0 Å². The van der Waals surface area contributed by atoms with Crippen LogP contribution in [0, 0.1) is 5.92 Å². The molecular weight excluding hydrogens is 564 g/mol. The predicted octanol–water partition coefficient (Wildman–Crippen LogP) is 12.2. The first-order valence-corrected chi connectivity index (χ1v) is 17.8. The molecule has 4 aromatic carbocycles. The van der Waals surface area contributed by atoms with Crippen LogP contribution in [-0.4, -0.2) is 0 Å². The van der Waals surface area contributed by atoms with Crippen LogP contribution in [0.3, 0.4) is 0 Å². The molecule has 244 valence electrons. The smallest absolute Gasteiger partial charge is 0.127 e. The lowest BCUT2D eigenvalue weighted by atomic mass is 9.61. The second-order valence-corrected chi connectivity index (χ2v) is 13.4. The van der Waals surface area contributed by atoms with Gasteiger partial charge in [-0.2, -0.15) is 0 Å². The first kappa shape index (κ1) is 33.4. The quantitative estimate of drug-likeness (QED) is 0.0912. The Morgan fingerprint density at radius 1 is 0.543 bits per heavy atom. The highest BCUT2D eigenvalue weighted by Crippen LogP contribution is 2.49. The summed E-state index contributed by atoms with van der Waals surface area (Å²) in [6.45, 7) is 2.29. The van der Waals surface area contributed by atoms with Crippen molar-refractivity contribution in [2.75, 3.05) is 11.5 Å². The molecule has 4 N–H and O–H groups in total. The van der Waals surface area contributed by atoms with E-state index >= 15 is 0 Å². The summed E-state index contributed by atoms with van der Waals surface area (Å²) in [6.07, 6.45) is 20.1. The summed E-state index contributed by atoms with van der Waals surface area (Å²) in [7, 11) is 0. The highest BCUT2D eigenvalue weighted by molar-refractivity contribution is 5.47. The average Bonchev–Trinajstić information content (AvgIpc) is 3.08. The molecular formula is C42H54N2O2. The van der Waals surface area contributed by atoms with Gasteiger partial charge in [-0.25, -0.2) is 0 Å². The molecule has 4 aromatic rings. The number of anilines is 2. The molecule has 1 aliphatic carbocycles. The zero-order valence-electron chi connectivity index (χ0n) is 27.9. The fourth-order valence-electron chi connectivity index (χ4n) is 7.28. The van der Waals surface area contributed by atoms with Crippen LogP contribution in [0.15, 0.2) is 97.1 Å². The Kier molecular flexibility index (Phi) is 12.4. The van der Waals surface area contributed by atoms with Crippen molar-refractivity contribution in [3.63, 3.8) is 0 Å². The van der Waals surface area contributed by atoms with E-state index in [9.17, 15) is 0 Å². The summed E-state index contributed by atoms with van der Waals surface area (Å²) in [5.74, 6) is 4.01. The lowest BCUT2D eigenvalue weighted by molar-refractivity contribution is 0.240. The fourth-order valence-corrected chi connectivity index (χ4v) is 7.28. The van der Waals surface area contributed by atoms with Crippen molar-refractivity contribution >= 4 is 11.4 Å². The Bertz CT molecular complexity index is 1340. The van der Waals surface area contributed by atoms with Gasteiger partial charge in [0, 0.05) is 16.8 Å². The van der Waals surface area contributed by atoms with Crippen molar-refractivity contribution in [1.29, 1.82) is 0 Å². The molecule has 1 saturated carbocycles. The van der Waals surface area contributed by atoms with E-state index in [-0.39, 0.29) is 5.41 Å². The normalized spacial score (nSPS) is 15.8. The molecule has 0 aromatic heterocycles. The van der Waals surface area contributed by atoms with E-state index in [1.807, 2.05) is 48.5 Å². The molecule has 1 aliphatic rings. The van der Waals surface area contributed by atoms with Gasteiger partial charge in [0.2, 0.25) is 0 Å². The van der Waals surface area contributed by atoms with Crippen LogP contribution >= 0.6 is 0 Å². The number of hydrogen-bond acceptors (Lipinski definition) is 4. The number of nitrogen functional groups attached to an aromatic ring is 2. The highest BCUT2D eigenvalue weighted by Gasteiger charge is 2.39. The third-order valence-corrected chi connectivity index (χ3v) is 9.86. The molecule has 1 fully saturated rings. The van der Waals surface area contributed by atoms with Crippen LogP contribution < -0.4 is 20.9 Å². The number of nitrogens with two attached hydrogens (primary N) is 2. The van der Waals surface area contributed by atoms with Crippen LogP contribution in [0.5, 0.6) is 23.0 Å². The minimum Gasteiger partial charge on any atom is -0.457 e. The maximum Gasteiger partial charge on any atom is 0.127 e. The molecule has 0 bridgehead atoms. The van der Waals surface area contributed by atoms with Crippen molar-refractivity contribution in [2.45, 2.75) is 109 Å². The molecule has 46 heavy (non-hydrogen) atoms. The van der Waals surface area contributed by atoms with Crippen LogP contribution in [0.4, 0.5) is 11.4 Å². The number of rotatable bonds is 17. The zero-order chi connectivity index (χ0) is 32.0. The van der Waals surface area contributed by atoms with Gasteiger partial charge in [0.1, 0.15) is 23.0 Å². The molecule has 0 aliphatic heterocycles. The van der Waals surface area contributed by atoms with Crippen LogP contribution in [0.25, 0.3) is 0 Å². The summed E-state index contributed by atoms with van der Waals surface area (Å²) < 4.78 is 12.3. The molecule has 0 spiro atoms. The topological polar surface area (TPSA) is 70.5 Å². The maximum absolute atomic E-state index is 6.15. The first-order valence-electron chi connectivity index (χ1n) is 17.8. The molecule has 0 saturated heterocycles. The van der Waals surface area contributed by atoms with Crippen molar-refractivity contribution in [3.8, 4) is 23.0 Å². The summed E-state index contributed by atoms with van der Waals surface area (Å²) in [4.78, 5) is 0. The zero-order valence-corrected chi connectivity index (χ0v) is 27.9. The van der Waals surface area contributed by atoms with Gasteiger partial charge in [-0.05, 0) is 103 Å². The minimum atomic E-state index is -0.0269. The Balaban J connectivity index is 1.26. The number of hydrogen-bond donors (Lipinski definition) is 2. The Labute approximate surface area is 277 Å². The maximum atomic E-state index is 6.15. The fraction of sp³-hybridized carbons (Fsp3) is 0.429. The predicted molar refractivity (Wildman–Crippen MR) is 194 cm³/mol. The molecule has 1 unspecified atom stereocenters. The van der Waals surface area contributed by atoms with Crippen molar-refractivity contribution < 1.29 is 9.47 Å². The molecule has 0 heterocycles. The van der Waals surface area contributed by atoms with E-state index in [1.165, 1.54) is 101 Å². The Morgan fingerprint density at radius 3 is 1.37 bits per heavy atom. The van der Waals surface area contributed by atoms with E-state index in [0.29, 0.717) is 0 Å². The number of unbranched alkanes of at least 4 members (excludes halogenated alkanes) is 9. The Morgan fingerprint density at radius 2 is 0.935 bits per heavy atom. The molecule has 5 rings (SSSR count). The lowest BCUT2D eigenvalue weighted by Crippen LogP contribution is -2.34. The number of benzene rings is 4. The third kappa shape index (κ3) is 9.55. The van der Waals surface area contributed by atoms with E-state index in [0.717, 1.165) is 46.7 Å². The van der Waals surface area contributed by atoms with Gasteiger partial charge in [0.05, 0.1) is 0 Å². The first-order chi connectivity index (χ1) is 22.5. The van der Waals surface area contributed by atoms with Gasteiger partial charge in [-0.1, -0.05) is 115 Å². The van der Waals surface area contributed by atoms with Gasteiger partial charge in [0.15, 0.2) is 0 Å². The van der Waals surface area contributed by atoms with E-state index in [1.54, 1.807) is 0 Å². The van der Waals surface area contributed by atoms with Crippen molar-refractivity contribution in [1.82, 2.24) is 0 Å². The third-order valence-electron chi connectivity index (χ3n) is 9.86. The van der Waals surface area contributed by atoms with E-state index in [2.05, 4.69) is 55.5 Å². The summed E-state index contributed by atoms with van der Waals surface area (Å²) in [6, 6.07) is 32.8. The largest absolute Gasteiger partial charge is 0.457 e. The van der Waals surface area contributed by atoms with Crippen LogP contribution in [0.1, 0.15) is 114 Å². The summed E-state index contributed by atoms with van der Waals surface area (Å²) in [5, 5.41) is 0. The summed E-state index contributed by atoms with van der Waals surface area (Å²) >= 11 is 0. The van der Waals surface area contributed by atoms with Crippen LogP contribution in [0.2, 0.25) is 0 Å². The van der Waals surface area contributed by atoms with E-state index in [4.69, 9.17) is 20.9 Å². The molecule has 4 nitrogen and oxygen atoms in total. The lowest BCUT2D eigenvalue weighted by Gasteiger charge is -2.42. The highest BCUT2D eigenvalue weighted by atomic mass is 16.5. The van der Waals surface area contributed by atoms with Gasteiger partial charge in [-0.15, -0.1) is 0 Å². The van der Waals surface area contributed by atoms with Gasteiger partial charge in [-0.3, -0.25) is 0 Å². The van der Waals surface area contributed by atoms with E-state index < -0.39 is 0 Å². The molecule has 0 amide bonds. The number of ether oxygens (including phenoxy) is 2. The molecule has 0 radical (unpaired) electrons. The second kappa shape index (κ2) is 17.1. The standard InChI is InChI=1S/C42H54N2O2/c1-2-3-4-5-6-7-8-9-10-11-13-33-14-12-31-42(32-33,34-15-23-38(24-16-34)45-40-27-19-36(43)20-28-40)35-17-25-39(26-18-35)46-41-29-21-37(44)22-30-41/h15-30,33H,2-14,31-32,43-44H2,1H3. The van der Waals surface area contributed by atoms with Crippen molar-refractivity contribution in [3.05, 3.63) is 108 Å². The van der Waals surface area contributed by atoms with Gasteiger partial charge in [0.25, 0.3) is 0 Å². The summed E-state index contributed by atoms with van der Waals surface area (Å²) in [5.41, 5.74) is 15.9. The monoisotopic (exact) mass is 618 g/mol. The second-order valence-electron chi connectivity index (χ2n) is 13.4. The molecule has 4 heteroatoms. The SMILES string of the molecule is CCCCCCCCCCCCC1CCCC(c2ccc(Oc3ccc(N)cc3)cc2)(c2ccc(Oc3ccc(N)cc3)cc2)C1. The molecule has 1 atom stereocenters. The Hall–Kier alpha value is -3.92.